The molecule has 2 aliphatic carbocycles. The molecule has 1 aromatic carbocycles. The molecule has 3 aliphatic rings. The van der Waals surface area contributed by atoms with Crippen LogP contribution in [0.15, 0.2) is 35.9 Å². The normalized spacial score (nSPS) is 26.8. The maximum atomic E-state index is 13.0. The molecule has 0 unspecified atom stereocenters. The Morgan fingerprint density at radius 1 is 1.30 bits per heavy atom. The molecule has 4 atom stereocenters. The molecule has 0 radical (unpaired) electrons. The van der Waals surface area contributed by atoms with E-state index in [1.807, 2.05) is 24.3 Å². The summed E-state index contributed by atoms with van der Waals surface area (Å²) in [5.41, 5.74) is 1.28. The van der Waals surface area contributed by atoms with E-state index in [1.54, 1.807) is 11.0 Å². The van der Waals surface area contributed by atoms with Gasteiger partial charge in [-0.15, -0.1) is 0 Å². The van der Waals surface area contributed by atoms with Gasteiger partial charge in [-0.2, -0.15) is 0 Å². The van der Waals surface area contributed by atoms with Crippen LogP contribution in [0.3, 0.4) is 0 Å². The van der Waals surface area contributed by atoms with E-state index in [0.717, 1.165) is 18.4 Å². The lowest BCUT2D eigenvalue weighted by Crippen LogP contribution is -2.56. The van der Waals surface area contributed by atoms with Gasteiger partial charge in [0.25, 0.3) is 0 Å². The number of ether oxygens (including phenoxy) is 2. The van der Waals surface area contributed by atoms with Gasteiger partial charge in [-0.3, -0.25) is 9.59 Å². The van der Waals surface area contributed by atoms with Crippen LogP contribution in [0.1, 0.15) is 24.3 Å². The Bertz CT molecular complexity index is 837. The van der Waals surface area contributed by atoms with Gasteiger partial charge in [-0.05, 0) is 30.9 Å². The van der Waals surface area contributed by atoms with Crippen LogP contribution in [0.2, 0.25) is 0 Å². The summed E-state index contributed by atoms with van der Waals surface area (Å²) in [7, 11) is 1.46. The zero-order chi connectivity index (χ0) is 21.3. The number of rotatable bonds is 8. The molecular weight excluding hydrogens is 388 g/mol. The third kappa shape index (κ3) is 3.95. The lowest BCUT2D eigenvalue weighted by atomic mass is 9.77. The van der Waals surface area contributed by atoms with Gasteiger partial charge in [0.15, 0.2) is 0 Å². The molecule has 162 valence electrons. The zero-order valence-corrected chi connectivity index (χ0v) is 17.0. The second kappa shape index (κ2) is 8.75. The van der Waals surface area contributed by atoms with Gasteiger partial charge in [0.05, 0.1) is 18.6 Å². The van der Waals surface area contributed by atoms with Crippen molar-refractivity contribution in [3.05, 3.63) is 41.5 Å². The van der Waals surface area contributed by atoms with Gasteiger partial charge in [0, 0.05) is 31.3 Å². The van der Waals surface area contributed by atoms with Gasteiger partial charge in [0.2, 0.25) is 11.8 Å². The molecule has 4 rings (SSSR count). The Hall–Kier alpha value is -2.42. The topological polar surface area (TPSA) is 108 Å². The lowest BCUT2D eigenvalue weighted by Gasteiger charge is -2.40. The fourth-order valence-corrected chi connectivity index (χ4v) is 4.37. The Balaban J connectivity index is 1.71. The molecule has 0 aromatic heterocycles. The number of carbonyl (C=O) groups excluding carboxylic acids is 2. The van der Waals surface area contributed by atoms with Gasteiger partial charge in [-0.1, -0.05) is 18.2 Å². The lowest BCUT2D eigenvalue weighted by molar-refractivity contribution is -0.141. The third-order valence-electron chi connectivity index (χ3n) is 5.98. The van der Waals surface area contributed by atoms with Gasteiger partial charge < -0.3 is 29.9 Å². The maximum Gasteiger partial charge on any atom is 0.249 e. The van der Waals surface area contributed by atoms with E-state index >= 15 is 0 Å². The number of aliphatic hydroxyl groups is 2. The number of hydrogen-bond donors (Lipinski definition) is 3. The third-order valence-corrected chi connectivity index (χ3v) is 5.98. The van der Waals surface area contributed by atoms with Crippen molar-refractivity contribution in [3.8, 4) is 5.75 Å². The number of methoxy groups -OCH3 is 1. The number of nitrogens with zero attached hydrogens (tertiary/aromatic N) is 1. The predicted octanol–water partition coefficient (Wildman–Crippen LogP) is 0.194. The van der Waals surface area contributed by atoms with Crippen LogP contribution in [-0.4, -0.2) is 78.6 Å². The van der Waals surface area contributed by atoms with E-state index in [9.17, 15) is 14.7 Å². The van der Waals surface area contributed by atoms with Crippen molar-refractivity contribution in [1.82, 2.24) is 10.2 Å². The quantitative estimate of drug-likeness (QED) is 0.559. The fourth-order valence-electron chi connectivity index (χ4n) is 4.37. The number of fused-ring (bicyclic) bond motifs is 3. The maximum absolute atomic E-state index is 13.0. The van der Waals surface area contributed by atoms with E-state index in [2.05, 4.69) is 5.32 Å². The average Bonchev–Trinajstić information content (AvgIpc) is 3.48. The Morgan fingerprint density at radius 3 is 2.77 bits per heavy atom. The van der Waals surface area contributed by atoms with Gasteiger partial charge in [0.1, 0.15) is 24.6 Å². The van der Waals surface area contributed by atoms with E-state index in [-0.39, 0.29) is 31.6 Å². The first-order valence-electron chi connectivity index (χ1n) is 10.4. The average molecular weight is 416 g/mol. The second-order valence-electron chi connectivity index (χ2n) is 8.10. The van der Waals surface area contributed by atoms with Crippen molar-refractivity contribution >= 4 is 11.8 Å². The van der Waals surface area contributed by atoms with E-state index in [0.29, 0.717) is 23.8 Å². The number of aliphatic hydroxyl groups excluding tert-OH is 2. The smallest absolute Gasteiger partial charge is 0.249 e. The summed E-state index contributed by atoms with van der Waals surface area (Å²) < 4.78 is 11.1. The van der Waals surface area contributed by atoms with Crippen molar-refractivity contribution in [2.45, 2.75) is 37.0 Å². The Kier molecular flexibility index (Phi) is 6.08. The molecule has 0 spiro atoms. The minimum Gasteiger partial charge on any atom is -0.486 e. The van der Waals surface area contributed by atoms with Crippen molar-refractivity contribution in [3.63, 3.8) is 0 Å². The monoisotopic (exact) mass is 416 g/mol. The molecule has 2 amide bonds. The van der Waals surface area contributed by atoms with Crippen LogP contribution in [0.4, 0.5) is 0 Å². The molecule has 3 N–H and O–H groups in total. The summed E-state index contributed by atoms with van der Waals surface area (Å²) in [5, 5.41) is 23.0. The van der Waals surface area contributed by atoms with Crippen molar-refractivity contribution in [2.24, 2.45) is 5.92 Å². The summed E-state index contributed by atoms with van der Waals surface area (Å²) in [6.45, 7) is 0.366. The number of hydrogen-bond acceptors (Lipinski definition) is 6. The van der Waals surface area contributed by atoms with Crippen LogP contribution >= 0.6 is 0 Å². The largest absolute Gasteiger partial charge is 0.486 e. The Morgan fingerprint density at radius 2 is 2.07 bits per heavy atom. The standard InChI is InChI=1S/C22H28N2O6/c1-29-12-18(26)24(11-13-6-7-13)16-10-15(22(28)23-8-9-25)19-14-4-2-3-5-17(14)30-21(19)20(16)27/h2-5,10,13,16,19-21,25,27H,6-9,11-12H2,1H3,(H,23,28)/t16-,19+,20+,21+/m1/s1. The van der Waals surface area contributed by atoms with Crippen molar-refractivity contribution in [2.75, 3.05) is 33.4 Å². The molecule has 8 heteroatoms. The van der Waals surface area contributed by atoms with Crippen LogP contribution in [0, 0.1) is 5.92 Å². The number of amides is 2. The van der Waals surface area contributed by atoms with E-state index in [4.69, 9.17) is 14.6 Å². The SMILES string of the molecule is COCC(=O)N(CC1CC1)[C@@H]1C=C(C(=O)NCCO)[C@@H]2c3ccccc3O[C@@H]2[C@H]1O. The number of nitrogens with one attached hydrogen (secondary N) is 1. The summed E-state index contributed by atoms with van der Waals surface area (Å²) >= 11 is 0. The van der Waals surface area contributed by atoms with Crippen LogP contribution in [0.5, 0.6) is 5.75 Å². The van der Waals surface area contributed by atoms with Crippen molar-refractivity contribution in [1.29, 1.82) is 0 Å². The van der Waals surface area contributed by atoms with Gasteiger partial charge in [-0.25, -0.2) is 0 Å². The van der Waals surface area contributed by atoms with Crippen LogP contribution in [-0.2, 0) is 14.3 Å². The molecule has 0 saturated heterocycles. The molecule has 1 aliphatic heterocycles. The van der Waals surface area contributed by atoms with Crippen molar-refractivity contribution < 1.29 is 29.3 Å². The molecule has 1 saturated carbocycles. The second-order valence-corrected chi connectivity index (χ2v) is 8.10. The Labute approximate surface area is 175 Å². The molecule has 8 nitrogen and oxygen atoms in total. The van der Waals surface area contributed by atoms with Gasteiger partial charge >= 0.3 is 0 Å². The first-order chi connectivity index (χ1) is 14.5. The molecule has 1 heterocycles. The first-order valence-corrected chi connectivity index (χ1v) is 10.4. The highest BCUT2D eigenvalue weighted by molar-refractivity contribution is 5.96. The highest BCUT2D eigenvalue weighted by Gasteiger charge is 2.50. The highest BCUT2D eigenvalue weighted by Crippen LogP contribution is 2.47. The van der Waals surface area contributed by atoms with E-state index in [1.165, 1.54) is 7.11 Å². The number of benzene rings is 1. The predicted molar refractivity (Wildman–Crippen MR) is 108 cm³/mol. The fraction of sp³-hybridized carbons (Fsp3) is 0.545. The van der Waals surface area contributed by atoms with Crippen LogP contribution < -0.4 is 10.1 Å². The first kappa shape index (κ1) is 20.8. The molecule has 1 aromatic rings. The summed E-state index contributed by atoms with van der Waals surface area (Å²) in [6, 6.07) is 6.72. The molecular formula is C22H28N2O6. The minimum atomic E-state index is -0.989. The summed E-state index contributed by atoms with van der Waals surface area (Å²) in [5.74, 6) is 0.0320. The molecule has 30 heavy (non-hydrogen) atoms. The van der Waals surface area contributed by atoms with E-state index < -0.39 is 24.2 Å². The summed E-state index contributed by atoms with van der Waals surface area (Å²) in [6.07, 6.45) is 2.11. The molecule has 0 bridgehead atoms. The number of para-hydroxylation sites is 1. The molecule has 1 fully saturated rings. The number of carbonyl (C=O) groups is 2. The minimum absolute atomic E-state index is 0.0923. The zero-order valence-electron chi connectivity index (χ0n) is 17.0. The summed E-state index contributed by atoms with van der Waals surface area (Å²) in [4.78, 5) is 27.4. The highest BCUT2D eigenvalue weighted by atomic mass is 16.5. The van der Waals surface area contributed by atoms with Crippen LogP contribution in [0.25, 0.3) is 0 Å².